The van der Waals surface area contributed by atoms with Gasteiger partial charge in [-0.3, -0.25) is 9.36 Å². The Bertz CT molecular complexity index is 1320. The van der Waals surface area contributed by atoms with E-state index in [4.69, 9.17) is 16.3 Å². The number of ether oxygens (including phenoxy) is 1. The molecule has 35 heavy (non-hydrogen) atoms. The van der Waals surface area contributed by atoms with E-state index < -0.39 is 0 Å². The van der Waals surface area contributed by atoms with E-state index >= 15 is 0 Å². The van der Waals surface area contributed by atoms with Crippen LogP contribution in [-0.4, -0.2) is 33.0 Å². The zero-order chi connectivity index (χ0) is 24.9. The molecule has 1 amide bonds. The van der Waals surface area contributed by atoms with Gasteiger partial charge in [-0.1, -0.05) is 39.3 Å². The minimum atomic E-state index is -0.113. The van der Waals surface area contributed by atoms with Crippen molar-refractivity contribution < 1.29 is 9.53 Å². The second-order valence-electron chi connectivity index (χ2n) is 7.83. The molecule has 0 aliphatic rings. The Balaban J connectivity index is 1.61. The van der Waals surface area contributed by atoms with Gasteiger partial charge in [0.25, 0.3) is 0 Å². The molecule has 9 heteroatoms. The van der Waals surface area contributed by atoms with Crippen LogP contribution in [0.1, 0.15) is 18.1 Å². The molecule has 0 atom stereocenters. The Morgan fingerprint density at radius 2 is 1.71 bits per heavy atom. The van der Waals surface area contributed by atoms with Crippen molar-refractivity contribution >= 4 is 50.9 Å². The van der Waals surface area contributed by atoms with Gasteiger partial charge in [-0.25, -0.2) is 0 Å². The van der Waals surface area contributed by atoms with Crippen molar-refractivity contribution in [2.45, 2.75) is 25.9 Å². The number of halogens is 2. The molecule has 0 spiro atoms. The van der Waals surface area contributed by atoms with Crippen molar-refractivity contribution in [2.24, 2.45) is 0 Å². The Kier molecular flexibility index (Phi) is 8.15. The summed E-state index contributed by atoms with van der Waals surface area (Å²) in [6.45, 7) is 6.49. The molecule has 3 aromatic carbocycles. The first-order valence-electron chi connectivity index (χ1n) is 11.0. The smallest absolute Gasteiger partial charge is 0.234 e. The molecule has 0 radical (unpaired) electrons. The third kappa shape index (κ3) is 6.07. The van der Waals surface area contributed by atoms with Crippen LogP contribution in [0.2, 0.25) is 5.02 Å². The highest BCUT2D eigenvalue weighted by atomic mass is 79.9. The number of amides is 1. The van der Waals surface area contributed by atoms with Gasteiger partial charge in [0.2, 0.25) is 5.91 Å². The summed E-state index contributed by atoms with van der Waals surface area (Å²) in [5, 5.41) is 13.1. The molecular weight excluding hydrogens is 548 g/mol. The van der Waals surface area contributed by atoms with Crippen molar-refractivity contribution in [3.63, 3.8) is 0 Å². The van der Waals surface area contributed by atoms with E-state index in [9.17, 15) is 4.79 Å². The third-order valence-electron chi connectivity index (χ3n) is 5.24. The molecule has 1 aromatic heterocycles. The Morgan fingerprint density at radius 1 is 1.06 bits per heavy atom. The number of nitrogens with zero attached hydrogens (tertiary/aromatic N) is 3. The van der Waals surface area contributed by atoms with E-state index in [-0.39, 0.29) is 11.7 Å². The topological polar surface area (TPSA) is 69.0 Å². The summed E-state index contributed by atoms with van der Waals surface area (Å²) in [6, 6.07) is 19.1. The van der Waals surface area contributed by atoms with Crippen LogP contribution in [0.4, 0.5) is 5.69 Å². The third-order valence-corrected chi connectivity index (χ3v) is 6.87. The number of carbonyl (C=O) groups is 1. The molecular formula is C26H24BrClN4O2S. The first-order chi connectivity index (χ1) is 16.9. The van der Waals surface area contributed by atoms with E-state index in [1.807, 2.05) is 86.0 Å². The summed E-state index contributed by atoms with van der Waals surface area (Å²) in [5.41, 5.74) is 4.56. The summed E-state index contributed by atoms with van der Waals surface area (Å²) < 4.78 is 8.50. The number of benzene rings is 3. The van der Waals surface area contributed by atoms with E-state index in [1.165, 1.54) is 11.8 Å². The molecule has 0 saturated carbocycles. The first kappa shape index (κ1) is 25.3. The average molecular weight is 572 g/mol. The van der Waals surface area contributed by atoms with Gasteiger partial charge in [0.05, 0.1) is 12.4 Å². The second kappa shape index (κ2) is 11.3. The largest absolute Gasteiger partial charge is 0.494 e. The van der Waals surface area contributed by atoms with Gasteiger partial charge in [-0.05, 0) is 92.6 Å². The maximum Gasteiger partial charge on any atom is 0.234 e. The Morgan fingerprint density at radius 3 is 2.34 bits per heavy atom. The normalized spacial score (nSPS) is 10.9. The van der Waals surface area contributed by atoms with Crippen LogP contribution in [0.5, 0.6) is 5.75 Å². The van der Waals surface area contributed by atoms with Crippen LogP contribution in [0, 0.1) is 13.8 Å². The summed E-state index contributed by atoms with van der Waals surface area (Å²) in [6.07, 6.45) is 0. The lowest BCUT2D eigenvalue weighted by molar-refractivity contribution is -0.113. The van der Waals surface area contributed by atoms with Crippen molar-refractivity contribution in [3.05, 3.63) is 81.3 Å². The fraction of sp³-hybridized carbons (Fsp3) is 0.192. The van der Waals surface area contributed by atoms with E-state index in [1.54, 1.807) is 0 Å². The number of carbonyl (C=O) groups excluding carboxylic acids is 1. The molecule has 1 heterocycles. The van der Waals surface area contributed by atoms with Gasteiger partial charge in [0.15, 0.2) is 11.0 Å². The number of anilines is 1. The minimum Gasteiger partial charge on any atom is -0.494 e. The molecule has 4 aromatic rings. The lowest BCUT2D eigenvalue weighted by Crippen LogP contribution is -2.16. The molecule has 1 N–H and O–H groups in total. The van der Waals surface area contributed by atoms with Gasteiger partial charge in [0.1, 0.15) is 5.75 Å². The summed E-state index contributed by atoms with van der Waals surface area (Å²) in [7, 11) is 0. The van der Waals surface area contributed by atoms with Crippen molar-refractivity contribution in [1.29, 1.82) is 0 Å². The lowest BCUT2D eigenvalue weighted by Gasteiger charge is -2.13. The Labute approximate surface area is 222 Å². The molecule has 0 aliphatic carbocycles. The van der Waals surface area contributed by atoms with Crippen molar-refractivity contribution in [3.8, 4) is 22.8 Å². The minimum absolute atomic E-state index is 0.113. The summed E-state index contributed by atoms with van der Waals surface area (Å²) in [4.78, 5) is 12.8. The standard InChI is InChI=1S/C26H24BrClN4O2S/c1-4-34-22-11-9-21(10-12-22)32-25(18-5-7-20(28)8-6-18)30-31-26(32)35-15-23(33)29-24-16(2)13-19(27)14-17(24)3/h5-14H,4,15H2,1-3H3,(H,29,33). The first-order valence-corrected chi connectivity index (χ1v) is 13.2. The number of aryl methyl sites for hydroxylation is 2. The highest BCUT2D eigenvalue weighted by molar-refractivity contribution is 9.10. The van der Waals surface area contributed by atoms with E-state index in [2.05, 4.69) is 31.4 Å². The number of aromatic nitrogens is 3. The van der Waals surface area contributed by atoms with Gasteiger partial charge >= 0.3 is 0 Å². The molecule has 180 valence electrons. The molecule has 0 saturated heterocycles. The van der Waals surface area contributed by atoms with Crippen LogP contribution in [0.15, 0.2) is 70.3 Å². The van der Waals surface area contributed by atoms with Crippen LogP contribution < -0.4 is 10.1 Å². The second-order valence-corrected chi connectivity index (χ2v) is 10.1. The van der Waals surface area contributed by atoms with Gasteiger partial charge < -0.3 is 10.1 Å². The van der Waals surface area contributed by atoms with Crippen LogP contribution >= 0.6 is 39.3 Å². The molecule has 0 aliphatic heterocycles. The van der Waals surface area contributed by atoms with Crippen LogP contribution in [0.25, 0.3) is 17.1 Å². The molecule has 0 unspecified atom stereocenters. The maximum absolute atomic E-state index is 12.8. The van der Waals surface area contributed by atoms with Crippen molar-refractivity contribution in [2.75, 3.05) is 17.7 Å². The number of hydrogen-bond donors (Lipinski definition) is 1. The zero-order valence-corrected chi connectivity index (χ0v) is 22.7. The predicted molar refractivity (Wildman–Crippen MR) is 146 cm³/mol. The SMILES string of the molecule is CCOc1ccc(-n2c(SCC(=O)Nc3c(C)cc(Br)cc3C)nnc2-c2ccc(Cl)cc2)cc1. The summed E-state index contributed by atoms with van der Waals surface area (Å²) >= 11 is 10.9. The lowest BCUT2D eigenvalue weighted by atomic mass is 10.1. The highest BCUT2D eigenvalue weighted by Gasteiger charge is 2.18. The number of hydrogen-bond acceptors (Lipinski definition) is 5. The predicted octanol–water partition coefficient (Wildman–Crippen LogP) is 7.10. The van der Waals surface area contributed by atoms with Gasteiger partial charge in [-0.15, -0.1) is 10.2 Å². The molecule has 4 rings (SSSR count). The van der Waals surface area contributed by atoms with Crippen molar-refractivity contribution in [1.82, 2.24) is 14.8 Å². The molecule has 0 bridgehead atoms. The molecule has 0 fully saturated rings. The molecule has 6 nitrogen and oxygen atoms in total. The van der Waals surface area contributed by atoms with Gasteiger partial charge in [0, 0.05) is 26.4 Å². The van der Waals surface area contributed by atoms with Crippen LogP contribution in [-0.2, 0) is 4.79 Å². The average Bonchev–Trinajstić information content (AvgIpc) is 3.25. The summed E-state index contributed by atoms with van der Waals surface area (Å²) in [5.74, 6) is 1.52. The number of rotatable bonds is 8. The zero-order valence-electron chi connectivity index (χ0n) is 19.5. The quantitative estimate of drug-likeness (QED) is 0.229. The van der Waals surface area contributed by atoms with Crippen LogP contribution in [0.3, 0.4) is 0 Å². The monoisotopic (exact) mass is 570 g/mol. The fourth-order valence-corrected chi connectivity index (χ4v) is 5.22. The number of nitrogens with one attached hydrogen (secondary N) is 1. The van der Waals surface area contributed by atoms with Gasteiger partial charge in [-0.2, -0.15) is 0 Å². The fourth-order valence-electron chi connectivity index (χ4n) is 3.65. The highest BCUT2D eigenvalue weighted by Crippen LogP contribution is 2.30. The maximum atomic E-state index is 12.8. The number of thioether (sulfide) groups is 1. The van der Waals surface area contributed by atoms with E-state index in [0.29, 0.717) is 22.6 Å². The Hall–Kier alpha value is -2.81. The van der Waals surface area contributed by atoms with E-state index in [0.717, 1.165) is 38.3 Å².